The number of hydrogen-bond donors (Lipinski definition) is 2. The van der Waals surface area contributed by atoms with Gasteiger partial charge in [-0.1, -0.05) is 237 Å². The third-order valence-electron chi connectivity index (χ3n) is 12.6. The summed E-state index contributed by atoms with van der Waals surface area (Å²) < 4.78 is 30.5. The fraction of sp³-hybridized carbons (Fsp3) is 0.860. The van der Waals surface area contributed by atoms with Crippen LogP contribution in [0.1, 0.15) is 265 Å². The molecule has 0 fully saturated rings. The van der Waals surface area contributed by atoms with Crippen LogP contribution in [0.5, 0.6) is 0 Å². The minimum absolute atomic E-state index is 0.0349. The first-order valence-corrected chi connectivity index (χ1v) is 29.8. The molecule has 0 spiro atoms. The van der Waals surface area contributed by atoms with Gasteiger partial charge < -0.3 is 19.4 Å². The number of quaternary nitrogens is 1. The van der Waals surface area contributed by atoms with E-state index in [1.54, 1.807) is 0 Å². The molecule has 3 unspecified atom stereocenters. The molecular formula is C57H110N2O7P+. The normalized spacial score (nSPS) is 14.1. The van der Waals surface area contributed by atoms with Gasteiger partial charge >= 0.3 is 13.8 Å². The van der Waals surface area contributed by atoms with E-state index in [-0.39, 0.29) is 31.5 Å². The summed E-state index contributed by atoms with van der Waals surface area (Å²) >= 11 is 0. The summed E-state index contributed by atoms with van der Waals surface area (Å²) in [7, 11) is 1.48. The Morgan fingerprint density at radius 1 is 0.522 bits per heavy atom. The van der Waals surface area contributed by atoms with Crippen LogP contribution in [0.2, 0.25) is 0 Å². The Balaban J connectivity index is 5.43. The fourth-order valence-corrected chi connectivity index (χ4v) is 8.91. The molecule has 0 heterocycles. The van der Waals surface area contributed by atoms with Gasteiger partial charge in [0.1, 0.15) is 19.3 Å². The van der Waals surface area contributed by atoms with E-state index in [0.29, 0.717) is 23.9 Å². The molecule has 0 aliphatic rings. The zero-order chi connectivity index (χ0) is 49.4. The van der Waals surface area contributed by atoms with Gasteiger partial charge in [-0.2, -0.15) is 0 Å². The minimum Gasteiger partial charge on any atom is -0.456 e. The standard InChI is InChI=1S/C57H109N2O7P/c1-7-10-13-16-19-22-25-28-29-32-34-37-40-43-46-49-56(60)58-54(53-65-67(62,63)64-52-51-59(4,5)6)55(48-45-42-39-36-33-30-26-23-20-17-14-11-8-2)66-57(61)50-47-44-41-38-35-31-27-24-21-18-15-12-9-3/h31,35,41,44-45,48,54-55H,7-30,32-34,36-40,42-43,46-47,49-53H2,1-6H3,(H-,58,60,62,63)/p+1/b35-31-,44-41+,48-45+. The number of carbonyl (C=O) groups excluding carboxylic acids is 2. The van der Waals surface area contributed by atoms with Crippen LogP contribution in [0.25, 0.3) is 0 Å². The number of likely N-dealkylation sites (N-methyl/N-ethyl adjacent to an activating group) is 1. The molecule has 0 radical (unpaired) electrons. The van der Waals surface area contributed by atoms with E-state index in [0.717, 1.165) is 51.4 Å². The van der Waals surface area contributed by atoms with E-state index in [1.165, 1.54) is 173 Å². The number of phosphoric ester groups is 1. The second-order valence-corrected chi connectivity index (χ2v) is 21.9. The lowest BCUT2D eigenvalue weighted by Gasteiger charge is -2.27. The maximum absolute atomic E-state index is 13.5. The highest BCUT2D eigenvalue weighted by Crippen LogP contribution is 2.43. The molecule has 2 N–H and O–H groups in total. The van der Waals surface area contributed by atoms with Gasteiger partial charge in [-0.25, -0.2) is 4.57 Å². The van der Waals surface area contributed by atoms with Crippen molar-refractivity contribution in [2.24, 2.45) is 0 Å². The van der Waals surface area contributed by atoms with E-state index in [2.05, 4.69) is 44.3 Å². The summed E-state index contributed by atoms with van der Waals surface area (Å²) in [5.41, 5.74) is 0. The Morgan fingerprint density at radius 2 is 0.925 bits per heavy atom. The Hall–Kier alpha value is -1.77. The quantitative estimate of drug-likeness (QED) is 0.0205. The predicted molar refractivity (Wildman–Crippen MR) is 286 cm³/mol. The number of phosphoric acid groups is 1. The first-order chi connectivity index (χ1) is 32.4. The van der Waals surface area contributed by atoms with Gasteiger partial charge in [0.25, 0.3) is 0 Å². The summed E-state index contributed by atoms with van der Waals surface area (Å²) in [5, 5.41) is 3.03. The first-order valence-electron chi connectivity index (χ1n) is 28.3. The highest BCUT2D eigenvalue weighted by molar-refractivity contribution is 7.47. The molecule has 10 heteroatoms. The van der Waals surface area contributed by atoms with Gasteiger partial charge in [0.05, 0.1) is 33.8 Å². The molecule has 0 saturated heterocycles. The molecule has 0 bridgehead atoms. The van der Waals surface area contributed by atoms with Crippen molar-refractivity contribution >= 4 is 19.7 Å². The van der Waals surface area contributed by atoms with Gasteiger partial charge in [0.15, 0.2) is 0 Å². The van der Waals surface area contributed by atoms with Crippen molar-refractivity contribution in [2.75, 3.05) is 40.9 Å². The second-order valence-electron chi connectivity index (χ2n) is 20.5. The number of unbranched alkanes of at least 4 members (excludes halogenated alkanes) is 31. The topological polar surface area (TPSA) is 111 Å². The van der Waals surface area contributed by atoms with E-state index < -0.39 is 20.0 Å². The number of nitrogens with zero attached hydrogens (tertiary/aromatic N) is 1. The van der Waals surface area contributed by atoms with Crippen LogP contribution < -0.4 is 5.32 Å². The third kappa shape index (κ3) is 49.0. The van der Waals surface area contributed by atoms with E-state index >= 15 is 0 Å². The molecule has 394 valence electrons. The lowest BCUT2D eigenvalue weighted by Crippen LogP contribution is -2.47. The number of esters is 1. The molecule has 1 amide bonds. The average Bonchev–Trinajstić information content (AvgIpc) is 3.28. The molecule has 0 aromatic carbocycles. The molecule has 9 nitrogen and oxygen atoms in total. The van der Waals surface area contributed by atoms with Crippen molar-refractivity contribution in [3.05, 3.63) is 36.5 Å². The lowest BCUT2D eigenvalue weighted by molar-refractivity contribution is -0.870. The molecule has 3 atom stereocenters. The molecule has 0 rings (SSSR count). The number of amides is 1. The largest absolute Gasteiger partial charge is 0.472 e. The van der Waals surface area contributed by atoms with Crippen molar-refractivity contribution in [2.45, 2.75) is 277 Å². The predicted octanol–water partition coefficient (Wildman–Crippen LogP) is 16.8. The summed E-state index contributed by atoms with van der Waals surface area (Å²) in [6, 6.07) is -0.865. The second kappa shape index (κ2) is 47.9. The highest BCUT2D eigenvalue weighted by Gasteiger charge is 2.30. The van der Waals surface area contributed by atoms with Crippen LogP contribution in [-0.4, -0.2) is 74.3 Å². The van der Waals surface area contributed by atoms with Crippen molar-refractivity contribution < 1.29 is 37.3 Å². The van der Waals surface area contributed by atoms with Crippen LogP contribution in [0, 0.1) is 0 Å². The van der Waals surface area contributed by atoms with Crippen LogP contribution in [0.3, 0.4) is 0 Å². The van der Waals surface area contributed by atoms with E-state index in [1.807, 2.05) is 39.4 Å². The Kier molecular flexibility index (Phi) is 46.6. The molecule has 0 aliphatic heterocycles. The maximum Gasteiger partial charge on any atom is 0.472 e. The van der Waals surface area contributed by atoms with Crippen LogP contribution in [-0.2, 0) is 27.9 Å². The molecule has 0 aliphatic carbocycles. The number of ether oxygens (including phenoxy) is 1. The van der Waals surface area contributed by atoms with Crippen molar-refractivity contribution in [1.82, 2.24) is 5.32 Å². The summed E-state index contributed by atoms with van der Waals surface area (Å²) in [6.07, 6.45) is 55.7. The third-order valence-corrected chi connectivity index (χ3v) is 13.6. The average molecular weight is 966 g/mol. The number of carbonyl (C=O) groups is 2. The lowest BCUT2D eigenvalue weighted by atomic mass is 10.0. The summed E-state index contributed by atoms with van der Waals surface area (Å²) in [4.78, 5) is 37.5. The summed E-state index contributed by atoms with van der Waals surface area (Å²) in [5.74, 6) is -0.574. The molecule has 0 aromatic heterocycles. The van der Waals surface area contributed by atoms with Crippen molar-refractivity contribution in [3.63, 3.8) is 0 Å². The van der Waals surface area contributed by atoms with Crippen LogP contribution in [0.15, 0.2) is 36.5 Å². The van der Waals surface area contributed by atoms with Gasteiger partial charge in [0.2, 0.25) is 5.91 Å². The van der Waals surface area contributed by atoms with E-state index in [4.69, 9.17) is 13.8 Å². The van der Waals surface area contributed by atoms with Gasteiger partial charge in [-0.05, 0) is 51.0 Å². The Labute approximate surface area is 415 Å². The monoisotopic (exact) mass is 966 g/mol. The van der Waals surface area contributed by atoms with E-state index in [9.17, 15) is 19.0 Å². The molecule has 67 heavy (non-hydrogen) atoms. The smallest absolute Gasteiger partial charge is 0.456 e. The van der Waals surface area contributed by atoms with Crippen LogP contribution >= 0.6 is 7.82 Å². The molecule has 0 aromatic rings. The van der Waals surface area contributed by atoms with Crippen LogP contribution in [0.4, 0.5) is 0 Å². The highest BCUT2D eigenvalue weighted by atomic mass is 31.2. The first kappa shape index (κ1) is 65.2. The number of nitrogens with one attached hydrogen (secondary N) is 1. The Bertz CT molecular complexity index is 1250. The van der Waals surface area contributed by atoms with Crippen molar-refractivity contribution in [1.29, 1.82) is 0 Å². The van der Waals surface area contributed by atoms with Gasteiger partial charge in [0, 0.05) is 12.8 Å². The van der Waals surface area contributed by atoms with Crippen molar-refractivity contribution in [3.8, 4) is 0 Å². The van der Waals surface area contributed by atoms with Gasteiger partial charge in [-0.3, -0.25) is 18.6 Å². The molecular weight excluding hydrogens is 856 g/mol. The zero-order valence-corrected chi connectivity index (χ0v) is 45.8. The molecule has 0 saturated carbocycles. The fourth-order valence-electron chi connectivity index (χ4n) is 8.17. The minimum atomic E-state index is -4.45. The number of rotatable bonds is 51. The Morgan fingerprint density at radius 3 is 1.37 bits per heavy atom. The SMILES string of the molecule is CCCCCCCC/C=C\C/C=C/CCC(=O)OC(/C=C/CCCCCCCCCCCCC)C(COP(=O)(O)OCC[N+](C)(C)C)NC(=O)CCCCCCCCCCCCCCCCC. The number of hydrogen-bond acceptors (Lipinski definition) is 6. The maximum atomic E-state index is 13.5. The number of allylic oxidation sites excluding steroid dienone is 5. The summed E-state index contributed by atoms with van der Waals surface area (Å²) in [6.45, 7) is 6.98. The zero-order valence-electron chi connectivity index (χ0n) is 44.9. The van der Waals surface area contributed by atoms with Gasteiger partial charge in [-0.15, -0.1) is 0 Å².